The van der Waals surface area contributed by atoms with E-state index in [1.54, 1.807) is 25.8 Å². The Morgan fingerprint density at radius 1 is 1.28 bits per heavy atom. The summed E-state index contributed by atoms with van der Waals surface area (Å²) in [5, 5.41) is 10.0. The molecule has 1 atom stereocenters. The molecule has 0 aliphatic carbocycles. The summed E-state index contributed by atoms with van der Waals surface area (Å²) in [7, 11) is 1.69. The molecule has 0 saturated heterocycles. The fourth-order valence-corrected chi connectivity index (χ4v) is 3.38. The van der Waals surface area contributed by atoms with Gasteiger partial charge < -0.3 is 14.9 Å². The van der Waals surface area contributed by atoms with Gasteiger partial charge >= 0.3 is 0 Å². The van der Waals surface area contributed by atoms with Gasteiger partial charge in [-0.3, -0.25) is 9.59 Å². The van der Waals surface area contributed by atoms with Crippen LogP contribution in [0.4, 0.5) is 0 Å². The molecule has 1 unspecified atom stereocenters. The lowest BCUT2D eigenvalue weighted by Crippen LogP contribution is -2.54. The highest BCUT2D eigenvalue weighted by molar-refractivity contribution is 5.88. The van der Waals surface area contributed by atoms with E-state index in [4.69, 9.17) is 0 Å². The summed E-state index contributed by atoms with van der Waals surface area (Å²) >= 11 is 0. The van der Waals surface area contributed by atoms with Crippen molar-refractivity contribution < 1.29 is 14.7 Å². The first kappa shape index (κ1) is 19.4. The molecule has 1 aromatic rings. The fourth-order valence-electron chi connectivity index (χ4n) is 3.38. The zero-order chi connectivity index (χ0) is 18.8. The number of carbonyl (C=O) groups excluding carboxylic acids is 2. The molecule has 0 fully saturated rings. The molecule has 0 spiro atoms. The topological polar surface area (TPSA) is 60.9 Å². The van der Waals surface area contributed by atoms with Gasteiger partial charge in [-0.25, -0.2) is 0 Å². The molecule has 0 aromatic heterocycles. The van der Waals surface area contributed by atoms with Crippen LogP contribution in [0.25, 0.3) is 0 Å². The fraction of sp³-hybridized carbons (Fsp3) is 0.600. The summed E-state index contributed by atoms with van der Waals surface area (Å²) in [5.41, 5.74) is 1.25. The molecule has 5 heteroatoms. The van der Waals surface area contributed by atoms with E-state index in [-0.39, 0.29) is 24.3 Å². The monoisotopic (exact) mass is 346 g/mol. The maximum absolute atomic E-state index is 13.0. The quantitative estimate of drug-likeness (QED) is 0.889. The van der Waals surface area contributed by atoms with Crippen molar-refractivity contribution >= 4 is 11.8 Å². The molecular formula is C20H30N2O3. The summed E-state index contributed by atoms with van der Waals surface area (Å²) in [6.45, 7) is 8.06. The van der Waals surface area contributed by atoms with E-state index in [1.165, 1.54) is 4.90 Å². The molecular weight excluding hydrogens is 316 g/mol. The summed E-state index contributed by atoms with van der Waals surface area (Å²) in [5.74, 6) is 0.141. The number of benzene rings is 1. The summed E-state index contributed by atoms with van der Waals surface area (Å²) in [6, 6.07) is 7.47. The number of hydrogen-bond donors (Lipinski definition) is 1. The van der Waals surface area contributed by atoms with E-state index in [0.717, 1.165) is 11.1 Å². The van der Waals surface area contributed by atoms with E-state index in [9.17, 15) is 14.7 Å². The van der Waals surface area contributed by atoms with E-state index in [1.807, 2.05) is 38.1 Å². The predicted octanol–water partition coefficient (Wildman–Crippen LogP) is 2.22. The Hall–Kier alpha value is -1.88. The Morgan fingerprint density at radius 3 is 2.44 bits per heavy atom. The molecule has 0 saturated carbocycles. The zero-order valence-corrected chi connectivity index (χ0v) is 16.0. The van der Waals surface area contributed by atoms with Crippen molar-refractivity contribution in [2.45, 2.75) is 58.7 Å². The van der Waals surface area contributed by atoms with Gasteiger partial charge in [-0.1, -0.05) is 38.1 Å². The van der Waals surface area contributed by atoms with Crippen LogP contribution in [0, 0.1) is 5.92 Å². The van der Waals surface area contributed by atoms with Crippen molar-refractivity contribution in [3.05, 3.63) is 35.4 Å². The zero-order valence-electron chi connectivity index (χ0n) is 16.0. The van der Waals surface area contributed by atoms with Crippen LogP contribution in [0.5, 0.6) is 0 Å². The number of hydrogen-bond acceptors (Lipinski definition) is 3. The highest BCUT2D eigenvalue weighted by Crippen LogP contribution is 2.26. The van der Waals surface area contributed by atoms with Crippen molar-refractivity contribution in [1.82, 2.24) is 9.80 Å². The smallest absolute Gasteiger partial charge is 0.245 e. The Balaban J connectivity index is 2.27. The number of fused-ring (bicyclic) bond motifs is 1. The van der Waals surface area contributed by atoms with Gasteiger partial charge in [-0.05, 0) is 30.9 Å². The lowest BCUT2D eigenvalue weighted by atomic mass is 9.92. The predicted molar refractivity (Wildman–Crippen MR) is 97.9 cm³/mol. The van der Waals surface area contributed by atoms with E-state index in [2.05, 4.69) is 0 Å². The van der Waals surface area contributed by atoms with Gasteiger partial charge in [-0.15, -0.1) is 0 Å². The van der Waals surface area contributed by atoms with Crippen molar-refractivity contribution in [2.24, 2.45) is 5.92 Å². The molecule has 1 heterocycles. The largest absolute Gasteiger partial charge is 0.389 e. The third kappa shape index (κ3) is 5.05. The molecule has 2 rings (SSSR count). The Morgan fingerprint density at radius 2 is 1.88 bits per heavy atom. The lowest BCUT2D eigenvalue weighted by Gasteiger charge is -2.39. The second-order valence-electron chi connectivity index (χ2n) is 8.11. The van der Waals surface area contributed by atoms with Crippen LogP contribution >= 0.6 is 0 Å². The Bertz CT molecular complexity index is 634. The first-order valence-electron chi connectivity index (χ1n) is 8.92. The molecule has 138 valence electrons. The van der Waals surface area contributed by atoms with Crippen LogP contribution < -0.4 is 0 Å². The molecule has 1 aliphatic heterocycles. The minimum absolute atomic E-state index is 0.0134. The minimum atomic E-state index is -0.968. The van der Waals surface area contributed by atoms with Gasteiger partial charge in [-0.2, -0.15) is 0 Å². The summed E-state index contributed by atoms with van der Waals surface area (Å²) < 4.78 is 0. The molecule has 0 radical (unpaired) electrons. The van der Waals surface area contributed by atoms with Crippen molar-refractivity contribution in [3.63, 3.8) is 0 Å². The number of nitrogens with zero attached hydrogens (tertiary/aromatic N) is 2. The van der Waals surface area contributed by atoms with Gasteiger partial charge in [0.1, 0.15) is 6.04 Å². The molecule has 2 amide bonds. The average Bonchev–Trinajstić information content (AvgIpc) is 2.50. The van der Waals surface area contributed by atoms with Crippen molar-refractivity contribution in [2.75, 3.05) is 13.6 Å². The highest BCUT2D eigenvalue weighted by atomic mass is 16.3. The first-order valence-corrected chi connectivity index (χ1v) is 8.92. The molecule has 25 heavy (non-hydrogen) atoms. The minimum Gasteiger partial charge on any atom is -0.389 e. The number of likely N-dealkylation sites (N-methyl/N-ethyl adjacent to an activating group) is 1. The van der Waals surface area contributed by atoms with Crippen LogP contribution in [-0.2, 0) is 22.6 Å². The van der Waals surface area contributed by atoms with Crippen LogP contribution in [0.1, 0.15) is 45.2 Å². The van der Waals surface area contributed by atoms with Crippen LogP contribution in [0.3, 0.4) is 0 Å². The van der Waals surface area contributed by atoms with E-state index >= 15 is 0 Å². The van der Waals surface area contributed by atoms with Gasteiger partial charge in [0.25, 0.3) is 0 Å². The molecule has 1 aromatic carbocycles. The summed E-state index contributed by atoms with van der Waals surface area (Å²) in [4.78, 5) is 29.0. The molecule has 0 bridgehead atoms. The molecule has 1 aliphatic rings. The third-order valence-corrected chi connectivity index (χ3v) is 4.44. The van der Waals surface area contributed by atoms with Crippen LogP contribution in [0.2, 0.25) is 0 Å². The highest BCUT2D eigenvalue weighted by Gasteiger charge is 2.36. The van der Waals surface area contributed by atoms with Gasteiger partial charge in [0, 0.05) is 33.0 Å². The average molecular weight is 346 g/mol. The van der Waals surface area contributed by atoms with Gasteiger partial charge in [0.2, 0.25) is 11.8 Å². The maximum Gasteiger partial charge on any atom is 0.245 e. The SMILES string of the molecule is CC(C)CC(=O)N1Cc2ccccc2CC1C(=O)N(C)CC(C)(C)O. The van der Waals surface area contributed by atoms with Crippen molar-refractivity contribution in [3.8, 4) is 0 Å². The molecule has 1 N–H and O–H groups in total. The van der Waals surface area contributed by atoms with Crippen LogP contribution in [-0.4, -0.2) is 52.0 Å². The number of amides is 2. The van der Waals surface area contributed by atoms with E-state index in [0.29, 0.717) is 19.4 Å². The number of rotatable bonds is 5. The van der Waals surface area contributed by atoms with Crippen LogP contribution in [0.15, 0.2) is 24.3 Å². The maximum atomic E-state index is 13.0. The second kappa shape index (κ2) is 7.56. The number of aliphatic hydroxyl groups is 1. The number of carbonyl (C=O) groups is 2. The van der Waals surface area contributed by atoms with Gasteiger partial charge in [0.15, 0.2) is 0 Å². The van der Waals surface area contributed by atoms with Gasteiger partial charge in [0.05, 0.1) is 5.60 Å². The molecule has 5 nitrogen and oxygen atoms in total. The van der Waals surface area contributed by atoms with Crippen molar-refractivity contribution in [1.29, 1.82) is 0 Å². The Labute approximate surface area is 150 Å². The summed E-state index contributed by atoms with van der Waals surface area (Å²) in [6.07, 6.45) is 0.955. The Kier molecular flexibility index (Phi) is 5.88. The first-order chi connectivity index (χ1) is 11.6. The second-order valence-corrected chi connectivity index (χ2v) is 8.11. The third-order valence-electron chi connectivity index (χ3n) is 4.44. The van der Waals surface area contributed by atoms with E-state index < -0.39 is 11.6 Å². The standard InChI is InChI=1S/C20H30N2O3/c1-14(2)10-18(23)22-12-16-9-7-6-8-15(16)11-17(22)19(24)21(5)13-20(3,4)25/h6-9,14,17,25H,10-13H2,1-5H3. The lowest BCUT2D eigenvalue weighted by molar-refractivity contribution is -0.148. The normalized spacial score (nSPS) is 17.4.